The molecule has 0 saturated heterocycles. The van der Waals surface area contributed by atoms with Gasteiger partial charge in [-0.25, -0.2) is 0 Å². The number of rotatable bonds is 2. The summed E-state index contributed by atoms with van der Waals surface area (Å²) < 4.78 is 4.96. The maximum Gasteiger partial charge on any atom is 0.262 e. The number of carbonyl (C=O) groups is 2. The standard InChI is InChI=1S/C21H13NO2S5/c1-8-4-10-12(25-8)6-14(27-10)18-16-17(21(24)22(3)20(16)23)19(29-18)15-7-13-11(28-15)5-9(2)26-13/h4-7H,1-3H3. The van der Waals surface area contributed by atoms with Gasteiger partial charge in [0, 0.05) is 45.4 Å². The zero-order chi connectivity index (χ0) is 20.0. The molecule has 0 aromatic carbocycles. The van der Waals surface area contributed by atoms with Gasteiger partial charge in [-0.1, -0.05) is 0 Å². The molecule has 1 aliphatic heterocycles. The van der Waals surface area contributed by atoms with E-state index in [0.29, 0.717) is 11.1 Å². The average Bonchev–Trinajstić information content (AvgIpc) is 3.44. The van der Waals surface area contributed by atoms with Gasteiger partial charge in [-0.05, 0) is 38.1 Å². The van der Waals surface area contributed by atoms with Gasteiger partial charge in [0.2, 0.25) is 0 Å². The first-order chi connectivity index (χ1) is 13.9. The molecule has 0 spiro atoms. The second-order valence-electron chi connectivity index (χ2n) is 7.07. The monoisotopic (exact) mass is 471 g/mol. The lowest BCUT2D eigenvalue weighted by Gasteiger charge is -2.06. The highest BCUT2D eigenvalue weighted by Crippen LogP contribution is 2.51. The Morgan fingerprint density at radius 1 is 0.621 bits per heavy atom. The van der Waals surface area contributed by atoms with E-state index in [-0.39, 0.29) is 11.8 Å². The predicted molar refractivity (Wildman–Crippen MR) is 128 cm³/mol. The fourth-order valence-corrected chi connectivity index (χ4v) is 9.88. The highest BCUT2D eigenvalue weighted by Gasteiger charge is 2.41. The van der Waals surface area contributed by atoms with E-state index in [1.165, 1.54) is 33.5 Å². The summed E-state index contributed by atoms with van der Waals surface area (Å²) in [5, 5.41) is 0. The van der Waals surface area contributed by atoms with Gasteiger partial charge in [0.05, 0.1) is 20.9 Å². The van der Waals surface area contributed by atoms with Gasteiger partial charge in [-0.2, -0.15) is 0 Å². The molecule has 5 aromatic rings. The zero-order valence-electron chi connectivity index (χ0n) is 15.6. The summed E-state index contributed by atoms with van der Waals surface area (Å²) in [6.07, 6.45) is 0. The van der Waals surface area contributed by atoms with Crippen molar-refractivity contribution >= 4 is 87.3 Å². The smallest absolute Gasteiger partial charge is 0.262 e. The molecule has 0 aliphatic carbocycles. The normalized spacial score (nSPS) is 14.1. The minimum atomic E-state index is -0.190. The summed E-state index contributed by atoms with van der Waals surface area (Å²) in [7, 11) is 1.58. The molecule has 0 fully saturated rings. The Bertz CT molecular complexity index is 1320. The number of carbonyl (C=O) groups excluding carboxylic acids is 2. The number of fused-ring (bicyclic) bond motifs is 3. The summed E-state index contributed by atoms with van der Waals surface area (Å²) in [6.45, 7) is 4.22. The molecule has 29 heavy (non-hydrogen) atoms. The van der Waals surface area contributed by atoms with Gasteiger partial charge in [0.1, 0.15) is 0 Å². The summed E-state index contributed by atoms with van der Waals surface area (Å²) in [4.78, 5) is 33.7. The zero-order valence-corrected chi connectivity index (χ0v) is 19.7. The number of nitrogens with zero attached hydrogens (tertiary/aromatic N) is 1. The van der Waals surface area contributed by atoms with Crippen LogP contribution in [0.2, 0.25) is 0 Å². The summed E-state index contributed by atoms with van der Waals surface area (Å²) >= 11 is 8.53. The molecule has 5 aromatic heterocycles. The van der Waals surface area contributed by atoms with E-state index in [9.17, 15) is 9.59 Å². The fourth-order valence-electron chi connectivity index (χ4n) is 3.75. The Kier molecular flexibility index (Phi) is 3.77. The first-order valence-corrected chi connectivity index (χ1v) is 13.0. The lowest BCUT2D eigenvalue weighted by molar-refractivity contribution is 0.0693. The molecular weight excluding hydrogens is 459 g/mol. The lowest BCUT2D eigenvalue weighted by atomic mass is 10.1. The second kappa shape index (κ2) is 6.09. The molecule has 0 saturated carbocycles. The van der Waals surface area contributed by atoms with Gasteiger partial charge >= 0.3 is 0 Å². The summed E-state index contributed by atoms with van der Waals surface area (Å²) in [5.41, 5.74) is 1.16. The van der Waals surface area contributed by atoms with Crippen molar-refractivity contribution in [3.8, 4) is 19.5 Å². The number of imide groups is 1. The third-order valence-corrected chi connectivity index (χ3v) is 11.0. The topological polar surface area (TPSA) is 37.4 Å². The molecule has 0 unspecified atom stereocenters. The van der Waals surface area contributed by atoms with Crippen molar-refractivity contribution in [1.82, 2.24) is 4.90 Å². The van der Waals surface area contributed by atoms with Crippen LogP contribution < -0.4 is 0 Å². The van der Waals surface area contributed by atoms with Crippen LogP contribution >= 0.6 is 56.7 Å². The molecule has 1 aliphatic rings. The van der Waals surface area contributed by atoms with Gasteiger partial charge in [0.15, 0.2) is 0 Å². The number of aryl methyl sites for hydroxylation is 2. The minimum absolute atomic E-state index is 0.190. The Labute approximate surface area is 186 Å². The molecule has 0 radical (unpaired) electrons. The average molecular weight is 472 g/mol. The van der Waals surface area contributed by atoms with E-state index in [1.54, 1.807) is 63.7 Å². The van der Waals surface area contributed by atoms with Crippen LogP contribution in [0.25, 0.3) is 38.3 Å². The highest BCUT2D eigenvalue weighted by atomic mass is 32.1. The number of amides is 2. The van der Waals surface area contributed by atoms with E-state index >= 15 is 0 Å². The molecule has 0 bridgehead atoms. The highest BCUT2D eigenvalue weighted by molar-refractivity contribution is 7.34. The Balaban J connectivity index is 1.60. The van der Waals surface area contributed by atoms with E-state index in [0.717, 1.165) is 19.5 Å². The van der Waals surface area contributed by atoms with E-state index in [1.807, 2.05) is 0 Å². The lowest BCUT2D eigenvalue weighted by Crippen LogP contribution is -2.24. The number of hydrogen-bond donors (Lipinski definition) is 0. The van der Waals surface area contributed by atoms with Crippen LogP contribution in [0.3, 0.4) is 0 Å². The van der Waals surface area contributed by atoms with Gasteiger partial charge < -0.3 is 0 Å². The first kappa shape index (κ1) is 18.0. The van der Waals surface area contributed by atoms with E-state index < -0.39 is 0 Å². The number of thiophene rings is 5. The van der Waals surface area contributed by atoms with Crippen molar-refractivity contribution in [2.75, 3.05) is 7.05 Å². The molecule has 2 amide bonds. The van der Waals surface area contributed by atoms with Crippen molar-refractivity contribution in [1.29, 1.82) is 0 Å². The Hall–Kier alpha value is -1.84. The summed E-state index contributed by atoms with van der Waals surface area (Å²) in [6, 6.07) is 8.72. The molecule has 8 heteroatoms. The van der Waals surface area contributed by atoms with Crippen molar-refractivity contribution < 1.29 is 9.59 Å². The maximum atomic E-state index is 12.9. The third-order valence-electron chi connectivity index (χ3n) is 5.05. The quantitative estimate of drug-likeness (QED) is 0.250. The predicted octanol–water partition coefficient (Wildman–Crippen LogP) is 7.48. The fraction of sp³-hybridized carbons (Fsp3) is 0.143. The van der Waals surface area contributed by atoms with Crippen molar-refractivity contribution in [2.45, 2.75) is 13.8 Å². The van der Waals surface area contributed by atoms with Gasteiger partial charge in [0.25, 0.3) is 11.8 Å². The SMILES string of the molecule is Cc1cc2sc(-c3sc(-c4cc5sc(C)cc5s4)c4c3C(=O)N(C)C4=O)cc2s1. The molecule has 144 valence electrons. The van der Waals surface area contributed by atoms with Crippen molar-refractivity contribution in [3.05, 3.63) is 45.1 Å². The summed E-state index contributed by atoms with van der Waals surface area (Å²) in [5.74, 6) is -0.380. The van der Waals surface area contributed by atoms with E-state index in [2.05, 4.69) is 38.1 Å². The van der Waals surface area contributed by atoms with E-state index in [4.69, 9.17) is 0 Å². The molecule has 0 N–H and O–H groups in total. The van der Waals surface area contributed by atoms with Crippen LogP contribution in [-0.4, -0.2) is 23.8 Å². The van der Waals surface area contributed by atoms with Gasteiger partial charge in [-0.3, -0.25) is 14.5 Å². The van der Waals surface area contributed by atoms with Crippen LogP contribution in [0, 0.1) is 13.8 Å². The van der Waals surface area contributed by atoms with Gasteiger partial charge in [-0.15, -0.1) is 56.7 Å². The molecular formula is C21H13NO2S5. The molecule has 0 atom stereocenters. The Morgan fingerprint density at radius 3 is 1.45 bits per heavy atom. The second-order valence-corrected chi connectivity index (χ2v) is 12.8. The van der Waals surface area contributed by atoms with Crippen LogP contribution in [-0.2, 0) is 0 Å². The van der Waals surface area contributed by atoms with Crippen LogP contribution in [0.15, 0.2) is 24.3 Å². The van der Waals surface area contributed by atoms with Crippen molar-refractivity contribution in [2.24, 2.45) is 0 Å². The number of hydrogen-bond acceptors (Lipinski definition) is 7. The van der Waals surface area contributed by atoms with Crippen molar-refractivity contribution in [3.63, 3.8) is 0 Å². The minimum Gasteiger partial charge on any atom is -0.277 e. The van der Waals surface area contributed by atoms with Crippen LogP contribution in [0.4, 0.5) is 0 Å². The van der Waals surface area contributed by atoms with Crippen LogP contribution in [0.1, 0.15) is 30.5 Å². The molecule has 6 rings (SSSR count). The largest absolute Gasteiger partial charge is 0.277 e. The molecule has 3 nitrogen and oxygen atoms in total. The first-order valence-electron chi connectivity index (χ1n) is 8.90. The third kappa shape index (κ3) is 2.50. The maximum absolute atomic E-state index is 12.9. The Morgan fingerprint density at radius 2 is 1.03 bits per heavy atom. The molecule has 6 heterocycles. The van der Waals surface area contributed by atoms with Crippen LogP contribution in [0.5, 0.6) is 0 Å².